The van der Waals surface area contributed by atoms with Crippen molar-refractivity contribution < 1.29 is 15.0 Å². The zero-order chi connectivity index (χ0) is 11.4. The summed E-state index contributed by atoms with van der Waals surface area (Å²) in [5.41, 5.74) is 4.98. The lowest BCUT2D eigenvalue weighted by Gasteiger charge is -1.96. The van der Waals surface area contributed by atoms with Crippen LogP contribution in [0.1, 0.15) is 0 Å². The molecule has 0 saturated heterocycles. The van der Waals surface area contributed by atoms with Gasteiger partial charge in [-0.15, -0.1) is 0 Å². The molecule has 5 nitrogen and oxygen atoms in total. The molecule has 0 saturated carbocycles. The molecule has 15 heavy (non-hydrogen) atoms. The molecule has 1 atom stereocenters. The predicted octanol–water partition coefficient (Wildman–Crippen LogP) is -0.534. The molecule has 0 fully saturated rings. The number of benzene rings is 1. The van der Waals surface area contributed by atoms with Crippen molar-refractivity contribution in [3.63, 3.8) is 0 Å². The summed E-state index contributed by atoms with van der Waals surface area (Å²) in [4.78, 5) is 20.2. The smallest absolute Gasteiger partial charge is 0.322 e. The van der Waals surface area contributed by atoms with E-state index in [4.69, 9.17) is 15.9 Å². The molecule has 2 rings (SSSR count). The number of aliphatic carboxylic acids is 1. The second kappa shape index (κ2) is 4.68. The van der Waals surface area contributed by atoms with Crippen molar-refractivity contribution in [2.45, 2.75) is 6.04 Å². The molecule has 1 unspecified atom stereocenters. The molecular formula is C10H11NO4. The van der Waals surface area contributed by atoms with Crippen LogP contribution >= 0.6 is 0 Å². The van der Waals surface area contributed by atoms with E-state index in [1.54, 1.807) is 0 Å². The highest BCUT2D eigenvalue weighted by Crippen LogP contribution is 2.11. The van der Waals surface area contributed by atoms with E-state index in [0.29, 0.717) is 0 Å². The maximum absolute atomic E-state index is 10.5. The highest BCUT2D eigenvalue weighted by molar-refractivity contribution is 5.96. The molecule has 0 aliphatic carbocycles. The normalized spacial score (nSPS) is 12.1. The van der Waals surface area contributed by atoms with Gasteiger partial charge in [0, 0.05) is 10.8 Å². The highest BCUT2D eigenvalue weighted by Gasteiger charge is 2.07. The molecule has 0 bridgehead atoms. The molecule has 0 aliphatic rings. The number of aliphatic hydroxyl groups excluding tert-OH is 1. The molecule has 4 N–H and O–H groups in total. The third kappa shape index (κ3) is 2.87. The summed E-state index contributed by atoms with van der Waals surface area (Å²) in [5, 5.41) is 17.7. The van der Waals surface area contributed by atoms with Crippen molar-refractivity contribution in [1.82, 2.24) is 0 Å². The molecule has 0 spiro atoms. The number of fused-ring (bicyclic) bond motifs is 1. The van der Waals surface area contributed by atoms with E-state index in [0.717, 1.165) is 10.8 Å². The number of rotatable bonds is 2. The minimum absolute atomic E-state index is 0.218. The summed E-state index contributed by atoms with van der Waals surface area (Å²) < 4.78 is 0. The first-order valence-electron chi connectivity index (χ1n) is 4.31. The molecule has 2 aromatic carbocycles. The molecule has 0 aromatic heterocycles. The van der Waals surface area contributed by atoms with Gasteiger partial charge in [0.05, 0.1) is 6.61 Å². The number of carboxylic acids is 1. The Morgan fingerprint density at radius 2 is 1.80 bits per heavy atom. The number of carboxylic acid groups (broad SMARTS) is 1. The maximum atomic E-state index is 10.5. The Kier molecular flexibility index (Phi) is 3.54. The maximum Gasteiger partial charge on any atom is 0.322 e. The van der Waals surface area contributed by atoms with Gasteiger partial charge in [-0.3, -0.25) is 9.59 Å². The van der Waals surface area contributed by atoms with Crippen LogP contribution in [0.15, 0.2) is 29.1 Å². The van der Waals surface area contributed by atoms with E-state index in [2.05, 4.69) is 0 Å². The van der Waals surface area contributed by atoms with E-state index >= 15 is 0 Å². The first-order valence-corrected chi connectivity index (χ1v) is 4.31. The molecule has 80 valence electrons. The van der Waals surface area contributed by atoms with Crippen LogP contribution in [0.25, 0.3) is 10.8 Å². The molecule has 0 radical (unpaired) electrons. The Morgan fingerprint density at radius 1 is 1.33 bits per heavy atom. The molecule has 5 heteroatoms. The Balaban J connectivity index is 0.000000153. The van der Waals surface area contributed by atoms with Gasteiger partial charge in [-0.25, -0.2) is 0 Å². The van der Waals surface area contributed by atoms with Crippen molar-refractivity contribution in [3.8, 4) is 0 Å². The Labute approximate surface area is 85.4 Å². The van der Waals surface area contributed by atoms with Crippen LogP contribution in [0.2, 0.25) is 0 Å². The SMILES string of the molecule is NC(CO)C(=O)O.O=c1c2ccccc12. The van der Waals surface area contributed by atoms with Gasteiger partial charge in [-0.2, -0.15) is 0 Å². The summed E-state index contributed by atoms with van der Waals surface area (Å²) in [5.74, 6) is -1.18. The zero-order valence-corrected chi connectivity index (χ0v) is 7.88. The summed E-state index contributed by atoms with van der Waals surface area (Å²) in [6, 6.07) is 6.32. The molecule has 0 heterocycles. The van der Waals surface area contributed by atoms with Crippen LogP contribution in [-0.2, 0) is 4.79 Å². The summed E-state index contributed by atoms with van der Waals surface area (Å²) in [6.45, 7) is -0.505. The fraction of sp³-hybridized carbons (Fsp3) is 0.200. The fourth-order valence-corrected chi connectivity index (χ4v) is 0.911. The van der Waals surface area contributed by atoms with E-state index in [-0.39, 0.29) is 5.43 Å². The second-order valence-corrected chi connectivity index (χ2v) is 3.00. The zero-order valence-electron chi connectivity index (χ0n) is 7.88. The molecule has 0 aliphatic heterocycles. The average molecular weight is 209 g/mol. The summed E-state index contributed by atoms with van der Waals surface area (Å²) in [7, 11) is 0. The van der Waals surface area contributed by atoms with Crippen molar-refractivity contribution in [1.29, 1.82) is 0 Å². The lowest BCUT2D eigenvalue weighted by molar-refractivity contribution is -0.139. The van der Waals surface area contributed by atoms with E-state index < -0.39 is 18.6 Å². The number of aliphatic hydroxyl groups is 1. The van der Waals surface area contributed by atoms with Crippen LogP contribution < -0.4 is 11.2 Å². The van der Waals surface area contributed by atoms with Crippen molar-refractivity contribution in [2.24, 2.45) is 5.73 Å². The van der Waals surface area contributed by atoms with Gasteiger partial charge in [0.1, 0.15) is 6.04 Å². The molecular weight excluding hydrogens is 198 g/mol. The van der Waals surface area contributed by atoms with Gasteiger partial charge in [0.15, 0.2) is 5.43 Å². The third-order valence-corrected chi connectivity index (χ3v) is 1.87. The number of carbonyl (C=O) groups is 1. The Morgan fingerprint density at radius 3 is 2.00 bits per heavy atom. The number of hydrogen-bond acceptors (Lipinski definition) is 4. The summed E-state index contributed by atoms with van der Waals surface area (Å²) in [6.07, 6.45) is 0. The van der Waals surface area contributed by atoms with Crippen LogP contribution in [0.5, 0.6) is 0 Å². The highest BCUT2D eigenvalue weighted by atomic mass is 16.4. The fourth-order valence-electron chi connectivity index (χ4n) is 0.911. The van der Waals surface area contributed by atoms with Gasteiger partial charge in [-0.05, 0) is 0 Å². The van der Waals surface area contributed by atoms with Crippen molar-refractivity contribution in [2.75, 3.05) is 6.61 Å². The van der Waals surface area contributed by atoms with Crippen LogP contribution in [0.4, 0.5) is 0 Å². The number of hydrogen-bond donors (Lipinski definition) is 3. The lowest BCUT2D eigenvalue weighted by Crippen LogP contribution is -2.33. The second-order valence-electron chi connectivity index (χ2n) is 3.00. The molecule has 2 aromatic rings. The first-order chi connectivity index (χ1) is 7.07. The van der Waals surface area contributed by atoms with Gasteiger partial charge in [0.2, 0.25) is 0 Å². The topological polar surface area (TPSA) is 101 Å². The third-order valence-electron chi connectivity index (χ3n) is 1.87. The first kappa shape index (κ1) is 11.4. The average Bonchev–Trinajstić information content (AvgIpc) is 2.90. The predicted molar refractivity (Wildman–Crippen MR) is 55.3 cm³/mol. The van der Waals surface area contributed by atoms with Gasteiger partial charge in [-0.1, -0.05) is 24.3 Å². The molecule has 0 amide bonds. The van der Waals surface area contributed by atoms with Crippen LogP contribution in [0.3, 0.4) is 0 Å². The van der Waals surface area contributed by atoms with E-state index in [1.807, 2.05) is 24.3 Å². The van der Waals surface area contributed by atoms with Gasteiger partial charge < -0.3 is 15.9 Å². The van der Waals surface area contributed by atoms with Crippen LogP contribution in [-0.4, -0.2) is 28.8 Å². The van der Waals surface area contributed by atoms with E-state index in [1.165, 1.54) is 0 Å². The van der Waals surface area contributed by atoms with Crippen LogP contribution in [0, 0.1) is 0 Å². The summed E-state index contributed by atoms with van der Waals surface area (Å²) >= 11 is 0. The minimum Gasteiger partial charge on any atom is -0.480 e. The Bertz CT molecular complexity index is 439. The Hall–Kier alpha value is -1.72. The largest absolute Gasteiger partial charge is 0.480 e. The van der Waals surface area contributed by atoms with E-state index in [9.17, 15) is 9.59 Å². The monoisotopic (exact) mass is 209 g/mol. The van der Waals surface area contributed by atoms with Gasteiger partial charge in [0.25, 0.3) is 0 Å². The standard InChI is InChI=1S/C7H4O.C3H7NO3/c8-7-5-3-1-2-4-6(5)7;4-2(1-5)3(6)7/h1-4H;2,5H,1,4H2,(H,6,7). The quantitative estimate of drug-likeness (QED) is 0.617. The van der Waals surface area contributed by atoms with Crippen molar-refractivity contribution >= 4 is 16.7 Å². The number of nitrogens with two attached hydrogens (primary N) is 1. The minimum atomic E-state index is -1.18. The van der Waals surface area contributed by atoms with Gasteiger partial charge >= 0.3 is 5.97 Å². The lowest BCUT2D eigenvalue weighted by atomic mass is 10.3. The van der Waals surface area contributed by atoms with Crippen molar-refractivity contribution in [3.05, 3.63) is 34.5 Å².